The minimum absolute atomic E-state index is 0.668. The first-order valence-corrected chi connectivity index (χ1v) is 5.32. The molecule has 0 bridgehead atoms. The lowest BCUT2D eigenvalue weighted by Gasteiger charge is -2.02. The average Bonchev–Trinajstić information content (AvgIpc) is 2.45. The van der Waals surface area contributed by atoms with Crippen molar-refractivity contribution in [3.05, 3.63) is 28.3 Å². The zero-order chi connectivity index (χ0) is 10.1. The van der Waals surface area contributed by atoms with Gasteiger partial charge in [0.25, 0.3) is 0 Å². The van der Waals surface area contributed by atoms with E-state index in [-0.39, 0.29) is 0 Å². The van der Waals surface area contributed by atoms with Gasteiger partial charge in [0.2, 0.25) is 0 Å². The summed E-state index contributed by atoms with van der Waals surface area (Å²) in [7, 11) is 0. The highest BCUT2D eigenvalue weighted by atomic mass is 32.1. The molecule has 74 valence electrons. The van der Waals surface area contributed by atoms with E-state index < -0.39 is 0 Å². The maximum atomic E-state index is 5.33. The summed E-state index contributed by atoms with van der Waals surface area (Å²) in [5, 5.41) is 1.10. The molecule has 3 N–H and O–H groups in total. The minimum Gasteiger partial charge on any atom is -0.271 e. The van der Waals surface area contributed by atoms with Crippen molar-refractivity contribution in [3.8, 4) is 0 Å². The van der Waals surface area contributed by atoms with Crippen LogP contribution in [-0.4, -0.2) is 4.98 Å². The molecule has 4 heteroatoms. The smallest absolute Gasteiger partial charge is 0.0907 e. The SMILES string of the molecule is Cc1cc(CNN)c2nc(C)sc2c1. The lowest BCUT2D eigenvalue weighted by molar-refractivity contribution is 0.744. The molecule has 0 aliphatic heterocycles. The van der Waals surface area contributed by atoms with Gasteiger partial charge in [-0.05, 0) is 31.0 Å². The number of aryl methyl sites for hydroxylation is 2. The Balaban J connectivity index is 2.66. The lowest BCUT2D eigenvalue weighted by Crippen LogP contribution is -2.21. The molecule has 0 spiro atoms. The maximum absolute atomic E-state index is 5.33. The number of fused-ring (bicyclic) bond motifs is 1. The Labute approximate surface area is 86.9 Å². The molecule has 0 aliphatic carbocycles. The summed E-state index contributed by atoms with van der Waals surface area (Å²) < 4.78 is 1.24. The van der Waals surface area contributed by atoms with E-state index in [0.717, 1.165) is 10.5 Å². The molecule has 0 radical (unpaired) electrons. The fraction of sp³-hybridized carbons (Fsp3) is 0.300. The number of hydrogen-bond acceptors (Lipinski definition) is 4. The molecule has 0 amide bonds. The Morgan fingerprint density at radius 1 is 1.43 bits per heavy atom. The molecule has 3 nitrogen and oxygen atoms in total. The quantitative estimate of drug-likeness (QED) is 0.584. The minimum atomic E-state index is 0.668. The monoisotopic (exact) mass is 207 g/mol. The molecule has 1 aromatic carbocycles. The molecule has 0 atom stereocenters. The van der Waals surface area contributed by atoms with Gasteiger partial charge >= 0.3 is 0 Å². The van der Waals surface area contributed by atoms with Crippen LogP contribution in [0, 0.1) is 13.8 Å². The molecule has 1 aromatic heterocycles. The van der Waals surface area contributed by atoms with E-state index in [1.54, 1.807) is 11.3 Å². The van der Waals surface area contributed by atoms with E-state index in [9.17, 15) is 0 Å². The van der Waals surface area contributed by atoms with Gasteiger partial charge < -0.3 is 0 Å². The van der Waals surface area contributed by atoms with E-state index >= 15 is 0 Å². The molecule has 1 heterocycles. The molecule has 2 rings (SSSR count). The summed E-state index contributed by atoms with van der Waals surface area (Å²) in [6.07, 6.45) is 0. The summed E-state index contributed by atoms with van der Waals surface area (Å²) in [5.41, 5.74) is 6.19. The highest BCUT2D eigenvalue weighted by Crippen LogP contribution is 2.25. The number of aromatic nitrogens is 1. The van der Waals surface area contributed by atoms with Crippen LogP contribution in [0.3, 0.4) is 0 Å². The van der Waals surface area contributed by atoms with E-state index in [4.69, 9.17) is 5.84 Å². The molecule has 0 saturated heterocycles. The zero-order valence-electron chi connectivity index (χ0n) is 8.29. The van der Waals surface area contributed by atoms with Crippen molar-refractivity contribution in [2.75, 3.05) is 0 Å². The van der Waals surface area contributed by atoms with E-state index in [1.807, 2.05) is 6.92 Å². The van der Waals surface area contributed by atoms with Gasteiger partial charge in [0, 0.05) is 6.54 Å². The van der Waals surface area contributed by atoms with E-state index in [1.165, 1.54) is 15.8 Å². The second-order valence-electron chi connectivity index (χ2n) is 3.38. The van der Waals surface area contributed by atoms with Crippen LogP contribution in [0.4, 0.5) is 0 Å². The maximum Gasteiger partial charge on any atom is 0.0907 e. The number of nitrogens with two attached hydrogens (primary N) is 1. The fourth-order valence-electron chi connectivity index (χ4n) is 1.61. The summed E-state index contributed by atoms with van der Waals surface area (Å²) in [6.45, 7) is 4.79. The van der Waals surface area contributed by atoms with Crippen molar-refractivity contribution in [1.29, 1.82) is 0 Å². The molecule has 0 aliphatic rings. The fourth-order valence-corrected chi connectivity index (χ4v) is 2.58. The first-order valence-electron chi connectivity index (χ1n) is 4.51. The topological polar surface area (TPSA) is 50.9 Å². The van der Waals surface area contributed by atoms with Crippen LogP contribution in [0.2, 0.25) is 0 Å². The van der Waals surface area contributed by atoms with Gasteiger partial charge in [0.15, 0.2) is 0 Å². The van der Waals surface area contributed by atoms with Crippen LogP contribution >= 0.6 is 11.3 Å². The summed E-state index contributed by atoms with van der Waals surface area (Å²) in [4.78, 5) is 4.50. The standard InChI is InChI=1S/C10H13N3S/c1-6-3-8(5-12-11)10-9(4-6)14-7(2)13-10/h3-4,12H,5,11H2,1-2H3. The third-order valence-electron chi connectivity index (χ3n) is 2.12. The van der Waals surface area contributed by atoms with Crippen LogP contribution < -0.4 is 11.3 Å². The predicted molar refractivity (Wildman–Crippen MR) is 60.1 cm³/mol. The van der Waals surface area contributed by atoms with Crippen LogP contribution in [0.1, 0.15) is 16.1 Å². The van der Waals surface area contributed by atoms with Crippen molar-refractivity contribution in [3.63, 3.8) is 0 Å². The van der Waals surface area contributed by atoms with Crippen LogP contribution in [0.25, 0.3) is 10.2 Å². The molecular formula is C10H13N3S. The second kappa shape index (κ2) is 3.65. The Morgan fingerprint density at radius 2 is 2.21 bits per heavy atom. The Morgan fingerprint density at radius 3 is 2.93 bits per heavy atom. The molecule has 2 aromatic rings. The average molecular weight is 207 g/mol. The van der Waals surface area contributed by atoms with Crippen LogP contribution in [0.5, 0.6) is 0 Å². The number of hydrazine groups is 1. The van der Waals surface area contributed by atoms with Crippen LogP contribution in [-0.2, 0) is 6.54 Å². The molecule has 14 heavy (non-hydrogen) atoms. The van der Waals surface area contributed by atoms with Gasteiger partial charge in [-0.1, -0.05) is 6.07 Å². The van der Waals surface area contributed by atoms with Crippen molar-refractivity contribution < 1.29 is 0 Å². The summed E-state index contributed by atoms with van der Waals surface area (Å²) in [5.74, 6) is 5.33. The predicted octanol–water partition coefficient (Wildman–Crippen LogP) is 1.88. The van der Waals surface area contributed by atoms with E-state index in [2.05, 4.69) is 29.5 Å². The Hall–Kier alpha value is -0.970. The first-order chi connectivity index (χ1) is 6.70. The van der Waals surface area contributed by atoms with Crippen molar-refractivity contribution in [1.82, 2.24) is 10.4 Å². The largest absolute Gasteiger partial charge is 0.271 e. The van der Waals surface area contributed by atoms with Gasteiger partial charge in [0.05, 0.1) is 15.2 Å². The summed E-state index contributed by atoms with van der Waals surface area (Å²) >= 11 is 1.73. The van der Waals surface area contributed by atoms with Crippen LogP contribution in [0.15, 0.2) is 12.1 Å². The molecule has 0 unspecified atom stereocenters. The Kier molecular flexibility index (Phi) is 2.50. The zero-order valence-corrected chi connectivity index (χ0v) is 9.11. The van der Waals surface area contributed by atoms with Gasteiger partial charge in [0.1, 0.15) is 0 Å². The van der Waals surface area contributed by atoms with Crippen molar-refractivity contribution in [2.45, 2.75) is 20.4 Å². The number of benzene rings is 1. The Bertz CT molecular complexity index is 462. The summed E-state index contributed by atoms with van der Waals surface area (Å²) in [6, 6.07) is 4.29. The number of nitrogens with zero attached hydrogens (tertiary/aromatic N) is 1. The number of rotatable bonds is 2. The lowest BCUT2D eigenvalue weighted by atomic mass is 10.1. The molecule has 0 fully saturated rings. The molecular weight excluding hydrogens is 194 g/mol. The molecule has 0 saturated carbocycles. The van der Waals surface area contributed by atoms with Gasteiger partial charge in [-0.25, -0.2) is 4.98 Å². The second-order valence-corrected chi connectivity index (χ2v) is 4.62. The van der Waals surface area contributed by atoms with Crippen molar-refractivity contribution in [2.24, 2.45) is 5.84 Å². The number of nitrogens with one attached hydrogen (secondary N) is 1. The van der Waals surface area contributed by atoms with E-state index in [0.29, 0.717) is 6.54 Å². The third-order valence-corrected chi connectivity index (χ3v) is 3.04. The highest BCUT2D eigenvalue weighted by molar-refractivity contribution is 7.18. The highest BCUT2D eigenvalue weighted by Gasteiger charge is 2.06. The van der Waals surface area contributed by atoms with Crippen molar-refractivity contribution >= 4 is 21.6 Å². The van der Waals surface area contributed by atoms with Gasteiger partial charge in [-0.15, -0.1) is 11.3 Å². The first kappa shape index (κ1) is 9.58. The number of thiazole rings is 1. The number of hydrogen-bond donors (Lipinski definition) is 2. The van der Waals surface area contributed by atoms with Gasteiger partial charge in [-0.3, -0.25) is 11.3 Å². The normalized spacial score (nSPS) is 11.1. The van der Waals surface area contributed by atoms with Gasteiger partial charge in [-0.2, -0.15) is 0 Å². The third kappa shape index (κ3) is 1.64.